The lowest BCUT2D eigenvalue weighted by atomic mass is 9.98. The zero-order valence-corrected chi connectivity index (χ0v) is 28.8. The summed E-state index contributed by atoms with van der Waals surface area (Å²) in [6.07, 6.45) is 0. The van der Waals surface area contributed by atoms with E-state index in [4.69, 9.17) is 14.4 Å². The van der Waals surface area contributed by atoms with Gasteiger partial charge in [0, 0.05) is 56.9 Å². The van der Waals surface area contributed by atoms with E-state index in [0.29, 0.717) is 11.5 Å². The van der Waals surface area contributed by atoms with Crippen molar-refractivity contribution in [1.82, 2.24) is 9.97 Å². The fraction of sp³-hybridized carbons (Fsp3) is 0. The number of nitrogens with zero attached hydrogens (tertiary/aromatic N) is 2. The molecule has 0 saturated carbocycles. The summed E-state index contributed by atoms with van der Waals surface area (Å²) in [7, 11) is 0. The number of benzene rings is 7. The molecule has 0 N–H and O–H groups in total. The summed E-state index contributed by atoms with van der Waals surface area (Å²) < 4.78 is 11.6. The van der Waals surface area contributed by atoms with Gasteiger partial charge in [-0.15, -0.1) is 22.7 Å². The Morgan fingerprint density at radius 2 is 0.922 bits per heavy atom. The van der Waals surface area contributed by atoms with Crippen molar-refractivity contribution >= 4 is 85.1 Å². The first kappa shape index (κ1) is 28.7. The molecular weight excluding hydrogens is 661 g/mol. The van der Waals surface area contributed by atoms with Crippen LogP contribution in [0.15, 0.2) is 162 Å². The first-order valence-corrected chi connectivity index (χ1v) is 18.6. The van der Waals surface area contributed by atoms with Crippen LogP contribution in [0, 0.1) is 0 Å². The molecule has 0 aliphatic rings. The molecule has 11 rings (SSSR count). The minimum atomic E-state index is 0.588. The van der Waals surface area contributed by atoms with Gasteiger partial charge >= 0.3 is 0 Å². The molecule has 4 heterocycles. The lowest BCUT2D eigenvalue weighted by Crippen LogP contribution is -1.94. The van der Waals surface area contributed by atoms with Gasteiger partial charge in [-0.2, -0.15) is 4.98 Å². The molecule has 0 aliphatic carbocycles. The number of hydrogen-bond donors (Lipinski definition) is 0. The number of aromatic nitrogens is 2. The average molecular weight is 687 g/mol. The van der Waals surface area contributed by atoms with Gasteiger partial charge in [-0.05, 0) is 52.6 Å². The van der Waals surface area contributed by atoms with Gasteiger partial charge in [-0.25, -0.2) is 4.98 Å². The van der Waals surface area contributed by atoms with Crippen LogP contribution in [0.1, 0.15) is 0 Å². The van der Waals surface area contributed by atoms with Crippen LogP contribution in [0.3, 0.4) is 0 Å². The number of thiophene rings is 2. The fourth-order valence-corrected chi connectivity index (χ4v) is 10.0. The van der Waals surface area contributed by atoms with E-state index in [1.807, 2.05) is 40.9 Å². The van der Waals surface area contributed by atoms with Gasteiger partial charge in [-0.3, -0.25) is 0 Å². The molecule has 0 unspecified atom stereocenters. The van der Waals surface area contributed by atoms with E-state index in [1.165, 1.54) is 51.5 Å². The highest BCUT2D eigenvalue weighted by Crippen LogP contribution is 2.43. The molecular formula is C46H26N2OS2. The van der Waals surface area contributed by atoms with Crippen LogP contribution in [-0.2, 0) is 0 Å². The summed E-state index contributed by atoms with van der Waals surface area (Å²) in [4.78, 5) is 10.4. The Bertz CT molecular complexity index is 3170. The highest BCUT2D eigenvalue weighted by molar-refractivity contribution is 7.26. The molecule has 0 bridgehead atoms. The predicted octanol–water partition coefficient (Wildman–Crippen LogP) is 13.8. The fourth-order valence-electron chi connectivity index (χ4n) is 7.57. The van der Waals surface area contributed by atoms with E-state index in [9.17, 15) is 0 Å². The largest absolute Gasteiger partial charge is 0.438 e. The second-order valence-corrected chi connectivity index (χ2v) is 15.0. The molecule has 238 valence electrons. The summed E-state index contributed by atoms with van der Waals surface area (Å²) in [6, 6.07) is 56.1. The van der Waals surface area contributed by atoms with E-state index in [1.54, 1.807) is 0 Å². The van der Waals surface area contributed by atoms with Gasteiger partial charge in [0.2, 0.25) is 5.71 Å². The number of para-hydroxylation sites is 1. The van der Waals surface area contributed by atoms with Crippen molar-refractivity contribution in [3.63, 3.8) is 0 Å². The summed E-state index contributed by atoms with van der Waals surface area (Å²) in [6.45, 7) is 0. The van der Waals surface area contributed by atoms with Crippen LogP contribution < -0.4 is 0 Å². The molecule has 7 aromatic carbocycles. The first-order valence-electron chi connectivity index (χ1n) is 17.0. The Balaban J connectivity index is 1.10. The van der Waals surface area contributed by atoms with Gasteiger partial charge in [0.15, 0.2) is 5.82 Å². The van der Waals surface area contributed by atoms with Crippen LogP contribution in [0.4, 0.5) is 0 Å². The van der Waals surface area contributed by atoms with Crippen molar-refractivity contribution in [1.29, 1.82) is 0 Å². The lowest BCUT2D eigenvalue weighted by Gasteiger charge is -2.10. The number of hydrogen-bond acceptors (Lipinski definition) is 5. The number of rotatable bonds is 4. The van der Waals surface area contributed by atoms with Gasteiger partial charge in [0.05, 0.1) is 11.1 Å². The van der Waals surface area contributed by atoms with Crippen LogP contribution in [0.5, 0.6) is 0 Å². The topological polar surface area (TPSA) is 38.9 Å². The van der Waals surface area contributed by atoms with Crippen molar-refractivity contribution in [2.24, 2.45) is 0 Å². The van der Waals surface area contributed by atoms with E-state index >= 15 is 0 Å². The summed E-state index contributed by atoms with van der Waals surface area (Å²) in [5, 5.41) is 7.11. The molecule has 0 atom stereocenters. The third-order valence-corrected chi connectivity index (χ3v) is 12.4. The molecule has 3 nitrogen and oxygen atoms in total. The van der Waals surface area contributed by atoms with Crippen LogP contribution >= 0.6 is 22.7 Å². The quantitative estimate of drug-likeness (QED) is 0.185. The first-order chi connectivity index (χ1) is 25.3. The van der Waals surface area contributed by atoms with Crippen LogP contribution in [-0.4, -0.2) is 9.97 Å². The van der Waals surface area contributed by atoms with Crippen LogP contribution in [0.2, 0.25) is 0 Å². The zero-order chi connectivity index (χ0) is 33.5. The summed E-state index contributed by atoms with van der Waals surface area (Å²) in [5.41, 5.74) is 8.95. The van der Waals surface area contributed by atoms with E-state index in [-0.39, 0.29) is 0 Å². The van der Waals surface area contributed by atoms with Gasteiger partial charge in [0.25, 0.3) is 0 Å². The van der Waals surface area contributed by atoms with Gasteiger partial charge in [-0.1, -0.05) is 127 Å². The molecule has 5 heteroatoms. The standard InChI is InChI=1S/C46H26N2OS2/c1-4-22-38-37(17-1)41-42(29-13-7-11-27(25-29)31-18-9-20-35-33-15-2-5-23-39(33)50-43(31)35)47-45(48-46(41)49-38)30-14-8-12-28(26-30)32-19-10-21-36-34-16-3-6-24-40(34)51-44(32)36/h1-26H. The lowest BCUT2D eigenvalue weighted by molar-refractivity contribution is 0.653. The molecule has 0 amide bonds. The Hall–Kier alpha value is -6.14. The Morgan fingerprint density at radius 3 is 1.59 bits per heavy atom. The monoisotopic (exact) mass is 686 g/mol. The molecule has 0 spiro atoms. The highest BCUT2D eigenvalue weighted by Gasteiger charge is 2.20. The Morgan fingerprint density at radius 1 is 0.412 bits per heavy atom. The average Bonchev–Trinajstić information content (AvgIpc) is 3.89. The van der Waals surface area contributed by atoms with Crippen molar-refractivity contribution in [3.8, 4) is 44.9 Å². The molecule has 11 aromatic rings. The zero-order valence-electron chi connectivity index (χ0n) is 27.1. The molecule has 0 radical (unpaired) electrons. The van der Waals surface area contributed by atoms with Crippen molar-refractivity contribution < 1.29 is 4.42 Å². The second kappa shape index (κ2) is 11.2. The third kappa shape index (κ3) is 4.49. The summed E-state index contributed by atoms with van der Waals surface area (Å²) in [5.74, 6) is 0.638. The van der Waals surface area contributed by atoms with Gasteiger partial charge < -0.3 is 4.42 Å². The van der Waals surface area contributed by atoms with Crippen molar-refractivity contribution in [2.75, 3.05) is 0 Å². The highest BCUT2D eigenvalue weighted by atomic mass is 32.1. The smallest absolute Gasteiger partial charge is 0.231 e. The van der Waals surface area contributed by atoms with Crippen molar-refractivity contribution in [2.45, 2.75) is 0 Å². The number of furan rings is 1. The van der Waals surface area contributed by atoms with Crippen molar-refractivity contribution in [3.05, 3.63) is 158 Å². The number of fused-ring (bicyclic) bond motifs is 9. The van der Waals surface area contributed by atoms with E-state index in [0.717, 1.165) is 44.3 Å². The normalized spacial score (nSPS) is 11.9. The molecule has 0 aliphatic heterocycles. The maximum atomic E-state index is 6.44. The SMILES string of the molecule is c1cc(-c2nc(-c3cccc(-c4cccc5c4sc4ccccc45)c3)c3c(n2)oc2ccccc23)cc(-c2cccc3c2sc2ccccc23)c1. The Kier molecular flexibility index (Phi) is 6.29. The maximum absolute atomic E-state index is 6.44. The Labute approximate surface area is 300 Å². The summed E-state index contributed by atoms with van der Waals surface area (Å²) >= 11 is 3.70. The molecule has 4 aromatic heterocycles. The third-order valence-electron chi connectivity index (χ3n) is 9.93. The minimum absolute atomic E-state index is 0.588. The van der Waals surface area contributed by atoms with E-state index < -0.39 is 0 Å². The molecule has 51 heavy (non-hydrogen) atoms. The predicted molar refractivity (Wildman–Crippen MR) is 217 cm³/mol. The second-order valence-electron chi connectivity index (χ2n) is 12.9. The van der Waals surface area contributed by atoms with Gasteiger partial charge in [0.1, 0.15) is 5.58 Å². The van der Waals surface area contributed by atoms with Crippen LogP contribution in [0.25, 0.3) is 107 Å². The maximum Gasteiger partial charge on any atom is 0.231 e. The minimum Gasteiger partial charge on any atom is -0.438 e. The molecule has 0 saturated heterocycles. The van der Waals surface area contributed by atoms with E-state index in [2.05, 4.69) is 140 Å². The molecule has 0 fully saturated rings.